The maximum Gasteiger partial charge on any atom is 0.191 e. The largest absolute Gasteiger partial charge is 0.357 e. The number of hydrogen-bond donors (Lipinski definition) is 2. The molecule has 0 saturated heterocycles. The summed E-state index contributed by atoms with van der Waals surface area (Å²) in [4.78, 5) is 10.5. The Morgan fingerprint density at radius 3 is 2.64 bits per heavy atom. The molecule has 4 nitrogen and oxygen atoms in total. The monoisotopic (exact) mass is 316 g/mol. The van der Waals surface area contributed by atoms with Crippen molar-refractivity contribution < 1.29 is 0 Å². The predicted molar refractivity (Wildman–Crippen MR) is 95.4 cm³/mol. The van der Waals surface area contributed by atoms with Crippen molar-refractivity contribution in [3.8, 4) is 10.6 Å². The highest BCUT2D eigenvalue weighted by atomic mass is 32.1. The van der Waals surface area contributed by atoms with Gasteiger partial charge in [-0.2, -0.15) is 0 Å². The van der Waals surface area contributed by atoms with Crippen LogP contribution in [0.3, 0.4) is 0 Å². The quantitative estimate of drug-likeness (QED) is 0.655. The van der Waals surface area contributed by atoms with Crippen LogP contribution in [0.1, 0.15) is 31.3 Å². The molecule has 0 aliphatic carbocycles. The molecule has 5 heteroatoms. The molecule has 0 fully saturated rings. The van der Waals surface area contributed by atoms with Gasteiger partial charge in [0.05, 0.1) is 12.2 Å². The Hall–Kier alpha value is -1.88. The van der Waals surface area contributed by atoms with Gasteiger partial charge < -0.3 is 10.6 Å². The highest BCUT2D eigenvalue weighted by Crippen LogP contribution is 2.28. The van der Waals surface area contributed by atoms with Crippen LogP contribution < -0.4 is 10.6 Å². The van der Waals surface area contributed by atoms with E-state index in [1.807, 2.05) is 18.2 Å². The molecule has 1 aromatic heterocycles. The fourth-order valence-corrected chi connectivity index (χ4v) is 3.02. The minimum absolute atomic E-state index is 0.361. The van der Waals surface area contributed by atoms with Gasteiger partial charge in [0.1, 0.15) is 5.01 Å². The first-order valence-corrected chi connectivity index (χ1v) is 8.48. The third kappa shape index (κ3) is 4.56. The summed E-state index contributed by atoms with van der Waals surface area (Å²) in [7, 11) is 0. The molecule has 1 aromatic carbocycles. The number of guanidine groups is 1. The summed E-state index contributed by atoms with van der Waals surface area (Å²) in [6, 6.07) is 10.7. The number of nitrogens with one attached hydrogen (secondary N) is 2. The maximum atomic E-state index is 4.67. The van der Waals surface area contributed by atoms with Crippen molar-refractivity contribution in [3.63, 3.8) is 0 Å². The van der Waals surface area contributed by atoms with E-state index in [2.05, 4.69) is 60.4 Å². The Morgan fingerprint density at radius 2 is 2.00 bits per heavy atom. The van der Waals surface area contributed by atoms with Gasteiger partial charge in [-0.1, -0.05) is 30.3 Å². The molecule has 0 amide bonds. The fourth-order valence-electron chi connectivity index (χ4n) is 2.02. The van der Waals surface area contributed by atoms with Crippen molar-refractivity contribution in [1.82, 2.24) is 15.6 Å². The second-order valence-electron chi connectivity index (χ2n) is 5.39. The molecular formula is C17H24N4S. The molecule has 0 unspecified atom stereocenters. The standard InChI is InChI=1S/C17H24N4S/c1-5-18-17(20-12(2)3)19-11-15-13(4)21-16(22-15)14-9-7-6-8-10-14/h6-10,12H,5,11H2,1-4H3,(H2,18,19,20). The van der Waals surface area contributed by atoms with Crippen LogP contribution in [0, 0.1) is 6.92 Å². The first-order chi connectivity index (χ1) is 10.6. The molecule has 0 aliphatic heterocycles. The van der Waals surface area contributed by atoms with Crippen molar-refractivity contribution in [2.75, 3.05) is 6.54 Å². The number of aromatic nitrogens is 1. The molecule has 118 valence electrons. The first-order valence-electron chi connectivity index (χ1n) is 7.66. The summed E-state index contributed by atoms with van der Waals surface area (Å²) >= 11 is 1.72. The van der Waals surface area contributed by atoms with E-state index in [-0.39, 0.29) is 0 Å². The van der Waals surface area contributed by atoms with Crippen LogP contribution in [0.15, 0.2) is 35.3 Å². The van der Waals surface area contributed by atoms with Crippen LogP contribution in [0.2, 0.25) is 0 Å². The molecule has 0 spiro atoms. The number of benzene rings is 1. The van der Waals surface area contributed by atoms with Gasteiger partial charge in [0.15, 0.2) is 5.96 Å². The van der Waals surface area contributed by atoms with E-state index >= 15 is 0 Å². The molecule has 0 atom stereocenters. The lowest BCUT2D eigenvalue weighted by Gasteiger charge is -2.13. The Morgan fingerprint density at radius 1 is 1.27 bits per heavy atom. The second kappa shape index (κ2) is 7.94. The van der Waals surface area contributed by atoms with Gasteiger partial charge in [0, 0.05) is 23.0 Å². The summed E-state index contributed by atoms with van der Waals surface area (Å²) in [6.45, 7) is 9.85. The van der Waals surface area contributed by atoms with Crippen molar-refractivity contribution in [1.29, 1.82) is 0 Å². The minimum Gasteiger partial charge on any atom is -0.357 e. The van der Waals surface area contributed by atoms with Crippen molar-refractivity contribution in [2.24, 2.45) is 4.99 Å². The van der Waals surface area contributed by atoms with Crippen LogP contribution in [0.25, 0.3) is 10.6 Å². The lowest BCUT2D eigenvalue weighted by molar-refractivity contribution is 0.701. The molecule has 0 saturated carbocycles. The summed E-state index contributed by atoms with van der Waals surface area (Å²) in [5, 5.41) is 7.66. The van der Waals surface area contributed by atoms with Crippen LogP contribution in [0.5, 0.6) is 0 Å². The maximum absolute atomic E-state index is 4.67. The molecule has 2 rings (SSSR count). The van der Waals surface area contributed by atoms with E-state index in [0.717, 1.165) is 28.8 Å². The summed E-state index contributed by atoms with van der Waals surface area (Å²) in [5.41, 5.74) is 2.23. The zero-order valence-electron chi connectivity index (χ0n) is 13.7. The Bertz CT molecular complexity index is 617. The lowest BCUT2D eigenvalue weighted by Crippen LogP contribution is -2.40. The normalized spacial score (nSPS) is 11.8. The minimum atomic E-state index is 0.361. The van der Waals surface area contributed by atoms with Gasteiger partial charge in [-0.25, -0.2) is 9.98 Å². The predicted octanol–water partition coefficient (Wildman–Crippen LogP) is 3.58. The number of thiazole rings is 1. The highest BCUT2D eigenvalue weighted by Gasteiger charge is 2.09. The van der Waals surface area contributed by atoms with Crippen LogP contribution in [-0.2, 0) is 6.54 Å². The van der Waals surface area contributed by atoms with Gasteiger partial charge in [0.25, 0.3) is 0 Å². The SMILES string of the molecule is CCNC(=NCc1sc(-c2ccccc2)nc1C)NC(C)C. The average Bonchev–Trinajstić information content (AvgIpc) is 2.87. The number of hydrogen-bond acceptors (Lipinski definition) is 3. The highest BCUT2D eigenvalue weighted by molar-refractivity contribution is 7.15. The van der Waals surface area contributed by atoms with Gasteiger partial charge in [-0.3, -0.25) is 0 Å². The van der Waals surface area contributed by atoms with Crippen LogP contribution >= 0.6 is 11.3 Å². The molecule has 0 radical (unpaired) electrons. The molecule has 22 heavy (non-hydrogen) atoms. The Labute approximate surface area is 136 Å². The summed E-state index contributed by atoms with van der Waals surface area (Å²) < 4.78 is 0. The van der Waals surface area contributed by atoms with E-state index in [0.29, 0.717) is 12.6 Å². The van der Waals surface area contributed by atoms with Gasteiger partial charge >= 0.3 is 0 Å². The van der Waals surface area contributed by atoms with Gasteiger partial charge in [-0.15, -0.1) is 11.3 Å². The molecule has 0 bridgehead atoms. The molecule has 2 aromatic rings. The number of rotatable bonds is 5. The summed E-state index contributed by atoms with van der Waals surface area (Å²) in [5.74, 6) is 0.853. The fraction of sp³-hybridized carbons (Fsp3) is 0.412. The average molecular weight is 316 g/mol. The molecule has 0 aliphatic rings. The number of aliphatic imine (C=N–C) groups is 1. The Kier molecular flexibility index (Phi) is 5.95. The number of nitrogens with zero attached hydrogens (tertiary/aromatic N) is 2. The van der Waals surface area contributed by atoms with Crippen molar-refractivity contribution in [2.45, 2.75) is 40.3 Å². The third-order valence-corrected chi connectivity index (χ3v) is 4.26. The molecular weight excluding hydrogens is 292 g/mol. The first kappa shape index (κ1) is 16.5. The van der Waals surface area contributed by atoms with E-state index in [1.165, 1.54) is 4.88 Å². The molecule has 2 N–H and O–H groups in total. The van der Waals surface area contributed by atoms with Crippen molar-refractivity contribution in [3.05, 3.63) is 40.9 Å². The van der Waals surface area contributed by atoms with Gasteiger partial charge in [0.2, 0.25) is 0 Å². The molecule has 1 heterocycles. The Balaban J connectivity index is 2.14. The van der Waals surface area contributed by atoms with Gasteiger partial charge in [-0.05, 0) is 27.7 Å². The number of aryl methyl sites for hydroxylation is 1. The second-order valence-corrected chi connectivity index (χ2v) is 6.47. The van der Waals surface area contributed by atoms with Crippen molar-refractivity contribution >= 4 is 17.3 Å². The van der Waals surface area contributed by atoms with E-state index in [4.69, 9.17) is 0 Å². The zero-order chi connectivity index (χ0) is 15.9. The lowest BCUT2D eigenvalue weighted by atomic mass is 10.2. The third-order valence-electron chi connectivity index (χ3n) is 3.06. The summed E-state index contributed by atoms with van der Waals surface area (Å²) in [6.07, 6.45) is 0. The van der Waals surface area contributed by atoms with Crippen LogP contribution in [0.4, 0.5) is 0 Å². The van der Waals surface area contributed by atoms with E-state index in [9.17, 15) is 0 Å². The topological polar surface area (TPSA) is 49.3 Å². The zero-order valence-corrected chi connectivity index (χ0v) is 14.5. The smallest absolute Gasteiger partial charge is 0.191 e. The van der Waals surface area contributed by atoms with Crippen LogP contribution in [-0.4, -0.2) is 23.5 Å². The van der Waals surface area contributed by atoms with E-state index in [1.54, 1.807) is 11.3 Å². The van der Waals surface area contributed by atoms with E-state index < -0.39 is 0 Å².